The second-order valence-electron chi connectivity index (χ2n) is 10.1. The van der Waals surface area contributed by atoms with Gasteiger partial charge in [0.25, 0.3) is 0 Å². The first-order valence-corrected chi connectivity index (χ1v) is 14.3. The highest BCUT2D eigenvalue weighted by Crippen LogP contribution is 2.71. The number of benzene rings is 1. The molecule has 2 aliphatic carbocycles. The first kappa shape index (κ1) is 24.4. The normalized spacial score (nSPS) is 20.4. The van der Waals surface area contributed by atoms with E-state index in [0.717, 1.165) is 39.7 Å². The Morgan fingerprint density at radius 1 is 1.21 bits per heavy atom. The van der Waals surface area contributed by atoms with Gasteiger partial charge in [-0.05, 0) is 85.6 Å². The molecule has 2 atom stereocenters. The molecule has 0 spiro atoms. The minimum absolute atomic E-state index is 0.0610. The van der Waals surface area contributed by atoms with Gasteiger partial charge >= 0.3 is 0 Å². The Balaban J connectivity index is 1.36. The van der Waals surface area contributed by atoms with Crippen LogP contribution in [0.4, 0.5) is 0 Å². The van der Waals surface area contributed by atoms with E-state index in [-0.39, 0.29) is 24.7 Å². The summed E-state index contributed by atoms with van der Waals surface area (Å²) in [6.45, 7) is 13.0. The molecular formula is C26H35NO4S2. The van der Waals surface area contributed by atoms with Gasteiger partial charge in [-0.2, -0.15) is 0 Å². The SMILES string of the molecule is CCS(=O)(=O)NCCOc1c(C)cc(CCC(=O)c2sc(C)c3c2C[C@@H]2[C@H]3C2(C)C)cc1C. The number of nitrogens with one attached hydrogen (secondary N) is 1. The van der Waals surface area contributed by atoms with Crippen molar-refractivity contribution in [3.63, 3.8) is 0 Å². The number of sulfonamides is 1. The largest absolute Gasteiger partial charge is 0.492 e. The zero-order valence-corrected chi connectivity index (χ0v) is 22.1. The number of hydrogen-bond donors (Lipinski definition) is 1. The lowest BCUT2D eigenvalue weighted by Crippen LogP contribution is -2.29. The van der Waals surface area contributed by atoms with Gasteiger partial charge < -0.3 is 4.74 Å². The Kier molecular flexibility index (Phi) is 6.53. The number of carbonyl (C=O) groups excluding carboxylic acids is 1. The lowest BCUT2D eigenvalue weighted by molar-refractivity contribution is 0.0985. The van der Waals surface area contributed by atoms with Crippen LogP contribution in [0, 0.1) is 32.1 Å². The number of aryl methyl sites for hydroxylation is 4. The smallest absolute Gasteiger partial charge is 0.211 e. The molecule has 180 valence electrons. The molecular weight excluding hydrogens is 454 g/mol. The standard InChI is InChI=1S/C26H35NO4S2/c1-7-33(29,30)27-10-11-31-24-15(2)12-18(13-16(24)3)8-9-21(28)25-19-14-20-23(26(20,5)6)22(19)17(4)32-25/h12-13,20,23,27H,7-11,14H2,1-6H3/t20-,23-/m1/s1. The lowest BCUT2D eigenvalue weighted by atomic mass is 9.93. The number of carbonyl (C=O) groups is 1. The summed E-state index contributed by atoms with van der Waals surface area (Å²) >= 11 is 1.70. The van der Waals surface area contributed by atoms with E-state index in [9.17, 15) is 13.2 Å². The minimum atomic E-state index is -3.21. The van der Waals surface area contributed by atoms with Gasteiger partial charge in [0.15, 0.2) is 5.78 Å². The summed E-state index contributed by atoms with van der Waals surface area (Å²) in [5, 5.41) is 0. The van der Waals surface area contributed by atoms with Crippen molar-refractivity contribution in [1.29, 1.82) is 0 Å². The number of fused-ring (bicyclic) bond motifs is 3. The van der Waals surface area contributed by atoms with E-state index in [2.05, 4.69) is 37.6 Å². The number of ether oxygens (including phenoxy) is 1. The molecule has 0 radical (unpaired) electrons. The molecule has 5 nitrogen and oxygen atoms in total. The summed E-state index contributed by atoms with van der Waals surface area (Å²) in [6, 6.07) is 4.15. The highest BCUT2D eigenvalue weighted by molar-refractivity contribution is 7.89. The molecule has 1 heterocycles. The average molecular weight is 490 g/mol. The van der Waals surface area contributed by atoms with E-state index in [1.54, 1.807) is 18.3 Å². The van der Waals surface area contributed by atoms with E-state index >= 15 is 0 Å². The second-order valence-corrected chi connectivity index (χ2v) is 13.4. The average Bonchev–Trinajstić information content (AvgIpc) is 3.06. The van der Waals surface area contributed by atoms with Gasteiger partial charge in [-0.1, -0.05) is 26.0 Å². The van der Waals surface area contributed by atoms with Crippen LogP contribution in [0.15, 0.2) is 12.1 Å². The van der Waals surface area contributed by atoms with E-state index in [1.165, 1.54) is 16.0 Å². The maximum Gasteiger partial charge on any atom is 0.211 e. The molecule has 0 bridgehead atoms. The van der Waals surface area contributed by atoms with Crippen LogP contribution in [0.1, 0.15) is 75.5 Å². The van der Waals surface area contributed by atoms with Crippen molar-refractivity contribution >= 4 is 27.1 Å². The minimum Gasteiger partial charge on any atom is -0.492 e. The third-order valence-electron chi connectivity index (χ3n) is 7.48. The fraction of sp³-hybridized carbons (Fsp3) is 0.577. The first-order valence-electron chi connectivity index (χ1n) is 11.8. The fourth-order valence-corrected chi connectivity index (χ4v) is 7.39. The summed E-state index contributed by atoms with van der Waals surface area (Å²) in [5.41, 5.74) is 6.36. The van der Waals surface area contributed by atoms with Crippen molar-refractivity contribution in [2.24, 2.45) is 11.3 Å². The molecule has 1 N–H and O–H groups in total. The van der Waals surface area contributed by atoms with Crippen LogP contribution in [0.25, 0.3) is 0 Å². The predicted molar refractivity (Wildman–Crippen MR) is 134 cm³/mol. The second kappa shape index (κ2) is 8.82. The van der Waals surface area contributed by atoms with Gasteiger partial charge in [-0.25, -0.2) is 13.1 Å². The third kappa shape index (κ3) is 4.64. The molecule has 4 rings (SSSR count). The highest BCUT2D eigenvalue weighted by Gasteiger charge is 2.63. The van der Waals surface area contributed by atoms with Gasteiger partial charge in [0.05, 0.1) is 10.6 Å². The van der Waals surface area contributed by atoms with Crippen LogP contribution in [0.5, 0.6) is 5.75 Å². The molecule has 33 heavy (non-hydrogen) atoms. The van der Waals surface area contributed by atoms with Crippen LogP contribution >= 0.6 is 11.3 Å². The van der Waals surface area contributed by atoms with Crippen LogP contribution in [0.2, 0.25) is 0 Å². The van der Waals surface area contributed by atoms with Crippen molar-refractivity contribution in [3.05, 3.63) is 49.7 Å². The summed E-state index contributed by atoms with van der Waals surface area (Å²) in [5.74, 6) is 2.49. The maximum atomic E-state index is 13.1. The zero-order valence-electron chi connectivity index (χ0n) is 20.5. The van der Waals surface area contributed by atoms with Crippen molar-refractivity contribution in [2.45, 2.75) is 66.7 Å². The van der Waals surface area contributed by atoms with Crippen LogP contribution < -0.4 is 9.46 Å². The van der Waals surface area contributed by atoms with E-state index < -0.39 is 10.0 Å². The molecule has 0 amide bonds. The first-order chi connectivity index (χ1) is 15.5. The number of ketones is 1. The Labute approximate surface area is 202 Å². The van der Waals surface area contributed by atoms with E-state index in [0.29, 0.717) is 24.2 Å². The molecule has 1 aromatic heterocycles. The summed E-state index contributed by atoms with van der Waals surface area (Å²) in [7, 11) is -3.21. The third-order valence-corrected chi connectivity index (χ3v) is 10.1. The Hall–Kier alpha value is -1.70. The van der Waals surface area contributed by atoms with E-state index in [4.69, 9.17) is 4.74 Å². The van der Waals surface area contributed by atoms with Gasteiger partial charge in [-0.3, -0.25) is 4.79 Å². The molecule has 2 aliphatic rings. The summed E-state index contributed by atoms with van der Waals surface area (Å²) in [6.07, 6.45) is 2.29. The Morgan fingerprint density at radius 3 is 2.52 bits per heavy atom. The van der Waals surface area contributed by atoms with Crippen LogP contribution in [-0.2, 0) is 22.9 Å². The van der Waals surface area contributed by atoms with Crippen molar-refractivity contribution in [3.8, 4) is 5.75 Å². The number of Topliss-reactive ketones (excluding diaryl/α,β-unsaturated/α-hetero) is 1. The van der Waals surface area contributed by atoms with Crippen molar-refractivity contribution in [2.75, 3.05) is 18.9 Å². The fourth-order valence-electron chi connectivity index (χ4n) is 5.59. The summed E-state index contributed by atoms with van der Waals surface area (Å²) < 4.78 is 31.4. The molecule has 1 saturated carbocycles. The van der Waals surface area contributed by atoms with Gasteiger partial charge in [0.2, 0.25) is 10.0 Å². The molecule has 2 aromatic rings. The topological polar surface area (TPSA) is 72.5 Å². The maximum absolute atomic E-state index is 13.1. The predicted octanol–water partition coefficient (Wildman–Crippen LogP) is 5.10. The van der Waals surface area contributed by atoms with Gasteiger partial charge in [0.1, 0.15) is 12.4 Å². The van der Waals surface area contributed by atoms with Gasteiger partial charge in [-0.15, -0.1) is 11.3 Å². The number of hydrogen-bond acceptors (Lipinski definition) is 5. The van der Waals surface area contributed by atoms with Gasteiger partial charge in [0, 0.05) is 17.8 Å². The van der Waals surface area contributed by atoms with Crippen molar-refractivity contribution in [1.82, 2.24) is 4.72 Å². The zero-order chi connectivity index (χ0) is 24.1. The number of rotatable bonds is 10. The summed E-state index contributed by atoms with van der Waals surface area (Å²) in [4.78, 5) is 15.4. The van der Waals surface area contributed by atoms with Crippen LogP contribution in [-0.4, -0.2) is 33.1 Å². The Bertz CT molecular complexity index is 1170. The number of thiophene rings is 1. The van der Waals surface area contributed by atoms with Crippen molar-refractivity contribution < 1.29 is 17.9 Å². The lowest BCUT2D eigenvalue weighted by Gasteiger charge is -2.14. The molecule has 1 fully saturated rings. The molecule has 0 unspecified atom stereocenters. The van der Waals surface area contributed by atoms with Crippen LogP contribution in [0.3, 0.4) is 0 Å². The van der Waals surface area contributed by atoms with E-state index in [1.807, 2.05) is 13.8 Å². The molecule has 1 aromatic carbocycles. The Morgan fingerprint density at radius 2 is 1.88 bits per heavy atom. The molecule has 0 saturated heterocycles. The molecule has 7 heteroatoms. The highest BCUT2D eigenvalue weighted by atomic mass is 32.2. The monoisotopic (exact) mass is 489 g/mol. The quantitative estimate of drug-likeness (QED) is 0.372. The molecule has 0 aliphatic heterocycles.